The summed E-state index contributed by atoms with van der Waals surface area (Å²) < 4.78 is 5.52. The van der Waals surface area contributed by atoms with Crippen molar-refractivity contribution in [3.63, 3.8) is 0 Å². The number of rotatable bonds is 2. The Morgan fingerprint density at radius 1 is 1.25 bits per heavy atom. The molecule has 0 aromatic rings. The molecule has 0 aromatic heterocycles. The molecule has 2 aliphatic rings. The minimum Gasteiger partial charge on any atom is -0.396 e. The molecule has 1 heterocycles. The molecule has 0 radical (unpaired) electrons. The molecule has 1 aliphatic heterocycles. The lowest BCUT2D eigenvalue weighted by Gasteiger charge is -2.18. The van der Waals surface area contributed by atoms with Gasteiger partial charge in [-0.2, -0.15) is 0 Å². The molecule has 3 nitrogen and oxygen atoms in total. The van der Waals surface area contributed by atoms with Gasteiger partial charge in [0, 0.05) is 19.8 Å². The first-order valence-electron chi connectivity index (χ1n) is 4.70. The van der Waals surface area contributed by atoms with Gasteiger partial charge < -0.3 is 14.9 Å². The van der Waals surface area contributed by atoms with Crippen molar-refractivity contribution in [2.24, 2.45) is 17.8 Å². The third-order valence-electron chi connectivity index (χ3n) is 3.40. The third kappa shape index (κ3) is 1.16. The van der Waals surface area contributed by atoms with Crippen LogP contribution in [0.3, 0.4) is 0 Å². The van der Waals surface area contributed by atoms with Crippen molar-refractivity contribution in [1.82, 2.24) is 0 Å². The van der Waals surface area contributed by atoms with E-state index in [9.17, 15) is 0 Å². The van der Waals surface area contributed by atoms with Gasteiger partial charge in [0.15, 0.2) is 0 Å². The van der Waals surface area contributed by atoms with E-state index in [4.69, 9.17) is 14.9 Å². The van der Waals surface area contributed by atoms with E-state index < -0.39 is 0 Å². The summed E-state index contributed by atoms with van der Waals surface area (Å²) in [5, 5.41) is 18.2. The van der Waals surface area contributed by atoms with Crippen LogP contribution in [0.5, 0.6) is 0 Å². The van der Waals surface area contributed by atoms with Crippen LogP contribution in [0.1, 0.15) is 12.8 Å². The fraction of sp³-hybridized carbons (Fsp3) is 1.00. The second kappa shape index (κ2) is 3.32. The van der Waals surface area contributed by atoms with Gasteiger partial charge in [-0.15, -0.1) is 0 Å². The zero-order valence-corrected chi connectivity index (χ0v) is 7.15. The Balaban J connectivity index is 2.05. The maximum atomic E-state index is 9.15. The number of hydrogen-bond donors (Lipinski definition) is 2. The zero-order valence-electron chi connectivity index (χ0n) is 7.15. The second-order valence-corrected chi connectivity index (χ2v) is 3.89. The quantitative estimate of drug-likeness (QED) is 0.617. The topological polar surface area (TPSA) is 49.7 Å². The minimum atomic E-state index is 0.196. The molecule has 1 saturated heterocycles. The van der Waals surface area contributed by atoms with Gasteiger partial charge in [-0.1, -0.05) is 0 Å². The first kappa shape index (κ1) is 8.48. The summed E-state index contributed by atoms with van der Waals surface area (Å²) in [6.07, 6.45) is 2.32. The van der Waals surface area contributed by atoms with Gasteiger partial charge in [-0.3, -0.25) is 0 Å². The lowest BCUT2D eigenvalue weighted by atomic mass is 9.89. The van der Waals surface area contributed by atoms with E-state index in [1.807, 2.05) is 0 Å². The fourth-order valence-corrected chi connectivity index (χ4v) is 2.71. The summed E-state index contributed by atoms with van der Waals surface area (Å²) in [5.74, 6) is 1.06. The zero-order chi connectivity index (χ0) is 8.55. The molecule has 0 spiro atoms. The van der Waals surface area contributed by atoms with E-state index in [-0.39, 0.29) is 25.0 Å². The maximum Gasteiger partial charge on any atom is 0.0611 e. The van der Waals surface area contributed by atoms with Crippen LogP contribution in [0.15, 0.2) is 0 Å². The standard InChI is InChI=1S/C9H16O3/c10-4-6-3-9-7(1-2-12-9)8(6)5-11/h6-11H,1-5H2/t6-,7+,8+,9-/m0/s1. The van der Waals surface area contributed by atoms with Crippen LogP contribution < -0.4 is 0 Å². The van der Waals surface area contributed by atoms with Crippen LogP contribution in [0.2, 0.25) is 0 Å². The Hall–Kier alpha value is -0.120. The normalized spacial score (nSPS) is 46.5. The molecular formula is C9H16O3. The molecule has 2 rings (SSSR count). The van der Waals surface area contributed by atoms with Gasteiger partial charge in [-0.25, -0.2) is 0 Å². The molecule has 70 valence electrons. The average Bonchev–Trinajstić information content (AvgIpc) is 2.61. The van der Waals surface area contributed by atoms with E-state index in [1.54, 1.807) is 0 Å². The van der Waals surface area contributed by atoms with Crippen LogP contribution in [-0.2, 0) is 4.74 Å². The third-order valence-corrected chi connectivity index (χ3v) is 3.40. The van der Waals surface area contributed by atoms with Crippen molar-refractivity contribution in [2.45, 2.75) is 18.9 Å². The highest BCUT2D eigenvalue weighted by Gasteiger charge is 2.45. The van der Waals surface area contributed by atoms with Gasteiger partial charge in [0.25, 0.3) is 0 Å². The Bertz CT molecular complexity index is 160. The van der Waals surface area contributed by atoms with Gasteiger partial charge in [0.1, 0.15) is 0 Å². The summed E-state index contributed by atoms with van der Waals surface area (Å²) in [7, 11) is 0. The highest BCUT2D eigenvalue weighted by Crippen LogP contribution is 2.43. The molecule has 3 heteroatoms. The summed E-state index contributed by atoms with van der Waals surface area (Å²) in [6.45, 7) is 1.24. The van der Waals surface area contributed by atoms with Crippen molar-refractivity contribution in [3.05, 3.63) is 0 Å². The number of fused-ring (bicyclic) bond motifs is 1. The molecule has 1 saturated carbocycles. The van der Waals surface area contributed by atoms with Gasteiger partial charge in [0.2, 0.25) is 0 Å². The van der Waals surface area contributed by atoms with Crippen LogP contribution in [-0.4, -0.2) is 36.1 Å². The highest BCUT2D eigenvalue weighted by molar-refractivity contribution is 4.93. The summed E-state index contributed by atoms with van der Waals surface area (Å²) in [5.41, 5.74) is 0. The van der Waals surface area contributed by atoms with Crippen molar-refractivity contribution >= 4 is 0 Å². The number of aliphatic hydroxyl groups excluding tert-OH is 2. The Morgan fingerprint density at radius 3 is 2.75 bits per heavy atom. The molecular weight excluding hydrogens is 156 g/mol. The smallest absolute Gasteiger partial charge is 0.0611 e. The van der Waals surface area contributed by atoms with E-state index in [0.29, 0.717) is 12.0 Å². The second-order valence-electron chi connectivity index (χ2n) is 3.89. The molecule has 4 atom stereocenters. The van der Waals surface area contributed by atoms with Crippen LogP contribution in [0, 0.1) is 17.8 Å². The van der Waals surface area contributed by atoms with E-state index in [0.717, 1.165) is 19.4 Å². The van der Waals surface area contributed by atoms with Crippen LogP contribution in [0.25, 0.3) is 0 Å². The molecule has 2 N–H and O–H groups in total. The van der Waals surface area contributed by atoms with E-state index >= 15 is 0 Å². The molecule has 0 amide bonds. The summed E-state index contributed by atoms with van der Waals surface area (Å²) in [6, 6.07) is 0. The lowest BCUT2D eigenvalue weighted by Crippen LogP contribution is -2.22. The molecule has 2 fully saturated rings. The molecule has 0 unspecified atom stereocenters. The van der Waals surface area contributed by atoms with Crippen molar-refractivity contribution in [1.29, 1.82) is 0 Å². The van der Waals surface area contributed by atoms with Gasteiger partial charge in [-0.05, 0) is 30.6 Å². The monoisotopic (exact) mass is 172 g/mol. The number of hydrogen-bond acceptors (Lipinski definition) is 3. The van der Waals surface area contributed by atoms with Crippen LogP contribution in [0.4, 0.5) is 0 Å². The molecule has 12 heavy (non-hydrogen) atoms. The number of ether oxygens (including phenoxy) is 1. The lowest BCUT2D eigenvalue weighted by molar-refractivity contribution is 0.0933. The minimum absolute atomic E-state index is 0.196. The predicted molar refractivity (Wildman–Crippen MR) is 43.6 cm³/mol. The average molecular weight is 172 g/mol. The van der Waals surface area contributed by atoms with Crippen molar-refractivity contribution in [2.75, 3.05) is 19.8 Å². The molecule has 1 aliphatic carbocycles. The molecule has 0 aromatic carbocycles. The largest absolute Gasteiger partial charge is 0.396 e. The summed E-state index contributed by atoms with van der Waals surface area (Å²) in [4.78, 5) is 0. The Labute approximate surface area is 72.3 Å². The van der Waals surface area contributed by atoms with E-state index in [1.165, 1.54) is 0 Å². The van der Waals surface area contributed by atoms with Crippen LogP contribution >= 0.6 is 0 Å². The maximum absolute atomic E-state index is 9.15. The first-order chi connectivity index (χ1) is 5.86. The summed E-state index contributed by atoms with van der Waals surface area (Å²) >= 11 is 0. The first-order valence-corrected chi connectivity index (χ1v) is 4.70. The SMILES string of the molecule is OC[C@@H]1C[C@@H]2OCC[C@@H]2[C@@H]1CO. The Kier molecular flexibility index (Phi) is 2.35. The van der Waals surface area contributed by atoms with Gasteiger partial charge >= 0.3 is 0 Å². The fourth-order valence-electron chi connectivity index (χ4n) is 2.71. The predicted octanol–water partition coefficient (Wildman–Crippen LogP) is 0.0122. The highest BCUT2D eigenvalue weighted by atomic mass is 16.5. The Morgan fingerprint density at radius 2 is 2.08 bits per heavy atom. The van der Waals surface area contributed by atoms with Crippen molar-refractivity contribution in [3.8, 4) is 0 Å². The molecule has 0 bridgehead atoms. The van der Waals surface area contributed by atoms with Crippen molar-refractivity contribution < 1.29 is 14.9 Å². The number of aliphatic hydroxyl groups is 2. The van der Waals surface area contributed by atoms with Gasteiger partial charge in [0.05, 0.1) is 6.10 Å². The van der Waals surface area contributed by atoms with E-state index in [2.05, 4.69) is 0 Å².